The number of amides is 2. The van der Waals surface area contributed by atoms with E-state index < -0.39 is 28.5 Å². The molecule has 1 atom stereocenters. The molecule has 0 bridgehead atoms. The third-order valence-electron chi connectivity index (χ3n) is 6.39. The Balaban J connectivity index is 2.03. The van der Waals surface area contributed by atoms with Gasteiger partial charge in [0.1, 0.15) is 12.6 Å². The first-order valence-electron chi connectivity index (χ1n) is 12.7. The van der Waals surface area contributed by atoms with Crippen molar-refractivity contribution in [3.05, 3.63) is 94.0 Å². The summed E-state index contributed by atoms with van der Waals surface area (Å²) < 4.78 is 28.6. The molecule has 3 aromatic carbocycles. The molecule has 208 valence electrons. The fraction of sp³-hybridized carbons (Fsp3) is 0.310. The van der Waals surface area contributed by atoms with Crippen LogP contribution in [-0.4, -0.2) is 44.3 Å². The number of nitrogens with one attached hydrogen (secondary N) is 1. The first-order chi connectivity index (χ1) is 18.6. The molecule has 10 heteroatoms. The maximum atomic E-state index is 13.9. The van der Waals surface area contributed by atoms with E-state index in [0.29, 0.717) is 11.6 Å². The van der Waals surface area contributed by atoms with Gasteiger partial charge < -0.3 is 10.2 Å². The van der Waals surface area contributed by atoms with Crippen molar-refractivity contribution in [2.45, 2.75) is 51.1 Å². The van der Waals surface area contributed by atoms with Crippen molar-refractivity contribution in [1.82, 2.24) is 10.2 Å². The van der Waals surface area contributed by atoms with Crippen LogP contribution >= 0.6 is 23.2 Å². The molecule has 0 aromatic heterocycles. The summed E-state index contributed by atoms with van der Waals surface area (Å²) in [5.74, 6) is -0.866. The normalized spacial score (nSPS) is 12.0. The van der Waals surface area contributed by atoms with Crippen LogP contribution in [0.3, 0.4) is 0 Å². The maximum absolute atomic E-state index is 13.9. The summed E-state index contributed by atoms with van der Waals surface area (Å²) in [6.07, 6.45) is 1.72. The Morgan fingerprint density at radius 3 is 2.28 bits per heavy atom. The van der Waals surface area contributed by atoms with Crippen LogP contribution in [0.25, 0.3) is 0 Å². The second-order valence-corrected chi connectivity index (χ2v) is 11.9. The zero-order chi connectivity index (χ0) is 28.6. The smallest absolute Gasteiger partial charge is 0.264 e. The van der Waals surface area contributed by atoms with Gasteiger partial charge in [-0.05, 0) is 61.7 Å². The fourth-order valence-electron chi connectivity index (χ4n) is 4.01. The monoisotopic (exact) mass is 589 g/mol. The molecule has 39 heavy (non-hydrogen) atoms. The van der Waals surface area contributed by atoms with Gasteiger partial charge >= 0.3 is 0 Å². The quantitative estimate of drug-likeness (QED) is 0.269. The Labute approximate surface area is 240 Å². The van der Waals surface area contributed by atoms with Gasteiger partial charge in [-0.25, -0.2) is 8.42 Å². The molecule has 1 N–H and O–H groups in total. The van der Waals surface area contributed by atoms with E-state index in [-0.39, 0.29) is 28.1 Å². The minimum atomic E-state index is -4.20. The number of carbonyl (C=O) groups is 2. The molecule has 0 saturated carbocycles. The standard InChI is InChI=1S/C29H33Cl2N3O4S/c1-4-5-17-32-29(36)22(3)33(19-23-12-10-9-11-21(23)2)28(35)20-34(27-16-15-24(30)18-26(27)31)39(37,38)25-13-7-6-8-14-25/h6-16,18,22H,4-5,17,19-20H2,1-3H3,(H,32,36)/t22-/m0/s1. The minimum absolute atomic E-state index is 0.000345. The van der Waals surface area contributed by atoms with E-state index in [9.17, 15) is 18.0 Å². The molecule has 0 heterocycles. The Bertz CT molecular complexity index is 1400. The second kappa shape index (κ2) is 13.8. The lowest BCUT2D eigenvalue weighted by Crippen LogP contribution is -2.51. The van der Waals surface area contributed by atoms with Crippen LogP contribution in [0.15, 0.2) is 77.7 Å². The predicted molar refractivity (Wildman–Crippen MR) is 157 cm³/mol. The molecular weight excluding hydrogens is 557 g/mol. The lowest BCUT2D eigenvalue weighted by Gasteiger charge is -2.32. The molecule has 0 aliphatic rings. The number of aryl methyl sites for hydroxylation is 1. The van der Waals surface area contributed by atoms with Crippen molar-refractivity contribution < 1.29 is 18.0 Å². The van der Waals surface area contributed by atoms with Gasteiger partial charge in [-0.2, -0.15) is 0 Å². The molecular formula is C29H33Cl2N3O4S. The van der Waals surface area contributed by atoms with Gasteiger partial charge in [0.15, 0.2) is 0 Å². The zero-order valence-corrected chi connectivity index (χ0v) is 24.6. The minimum Gasteiger partial charge on any atom is -0.354 e. The molecule has 0 spiro atoms. The number of carbonyl (C=O) groups excluding carboxylic acids is 2. The van der Waals surface area contributed by atoms with E-state index in [4.69, 9.17) is 23.2 Å². The van der Waals surface area contributed by atoms with Crippen molar-refractivity contribution in [1.29, 1.82) is 0 Å². The summed E-state index contributed by atoms with van der Waals surface area (Å²) in [7, 11) is -4.20. The summed E-state index contributed by atoms with van der Waals surface area (Å²) in [6.45, 7) is 5.62. The highest BCUT2D eigenvalue weighted by Gasteiger charge is 2.33. The molecule has 0 unspecified atom stereocenters. The number of hydrogen-bond acceptors (Lipinski definition) is 4. The van der Waals surface area contributed by atoms with Crippen LogP contribution in [0.2, 0.25) is 10.0 Å². The van der Waals surface area contributed by atoms with Crippen LogP contribution in [0.1, 0.15) is 37.8 Å². The molecule has 0 aliphatic heterocycles. The topological polar surface area (TPSA) is 86.8 Å². The van der Waals surface area contributed by atoms with E-state index in [1.165, 1.54) is 35.2 Å². The van der Waals surface area contributed by atoms with Gasteiger partial charge in [0.2, 0.25) is 11.8 Å². The van der Waals surface area contributed by atoms with Crippen LogP contribution < -0.4 is 9.62 Å². The maximum Gasteiger partial charge on any atom is 0.264 e. The van der Waals surface area contributed by atoms with Gasteiger partial charge in [0, 0.05) is 18.1 Å². The molecule has 0 radical (unpaired) electrons. The Morgan fingerprint density at radius 1 is 0.974 bits per heavy atom. The largest absolute Gasteiger partial charge is 0.354 e. The molecule has 0 fully saturated rings. The Hall–Kier alpha value is -3.07. The van der Waals surface area contributed by atoms with Gasteiger partial charge in [0.05, 0.1) is 15.6 Å². The first-order valence-corrected chi connectivity index (χ1v) is 14.9. The van der Waals surface area contributed by atoms with Gasteiger partial charge in [-0.3, -0.25) is 13.9 Å². The molecule has 0 aliphatic carbocycles. The van der Waals surface area contributed by atoms with E-state index in [1.807, 2.05) is 38.1 Å². The number of unbranched alkanes of at least 4 members (excludes halogenated alkanes) is 1. The third-order valence-corrected chi connectivity index (χ3v) is 8.70. The number of anilines is 1. The second-order valence-electron chi connectivity index (χ2n) is 9.19. The lowest BCUT2D eigenvalue weighted by molar-refractivity contribution is -0.139. The number of nitrogens with zero attached hydrogens (tertiary/aromatic N) is 2. The summed E-state index contributed by atoms with van der Waals surface area (Å²) in [5, 5.41) is 3.27. The van der Waals surface area contributed by atoms with Crippen LogP contribution in [0, 0.1) is 6.92 Å². The highest BCUT2D eigenvalue weighted by molar-refractivity contribution is 7.92. The number of halogens is 2. The Kier molecular flexibility index (Phi) is 10.8. The van der Waals surface area contributed by atoms with E-state index >= 15 is 0 Å². The van der Waals surface area contributed by atoms with Crippen molar-refractivity contribution in [2.75, 3.05) is 17.4 Å². The average molecular weight is 591 g/mol. The third kappa shape index (κ3) is 7.75. The fourth-order valence-corrected chi connectivity index (χ4v) is 6.02. The number of hydrogen-bond donors (Lipinski definition) is 1. The molecule has 3 aromatic rings. The van der Waals surface area contributed by atoms with Crippen molar-refractivity contribution in [3.63, 3.8) is 0 Å². The highest BCUT2D eigenvalue weighted by Crippen LogP contribution is 2.33. The van der Waals surface area contributed by atoms with E-state index in [2.05, 4.69) is 5.32 Å². The molecule has 0 saturated heterocycles. The average Bonchev–Trinajstić information content (AvgIpc) is 2.91. The number of rotatable bonds is 12. The van der Waals surface area contributed by atoms with E-state index in [0.717, 1.165) is 28.3 Å². The van der Waals surface area contributed by atoms with Crippen molar-refractivity contribution in [2.24, 2.45) is 0 Å². The molecule has 3 rings (SSSR count). The summed E-state index contributed by atoms with van der Waals surface area (Å²) in [5.41, 5.74) is 1.90. The number of sulfonamides is 1. The molecule has 7 nitrogen and oxygen atoms in total. The van der Waals surface area contributed by atoms with E-state index in [1.54, 1.807) is 25.1 Å². The predicted octanol–water partition coefficient (Wildman–Crippen LogP) is 5.83. The van der Waals surface area contributed by atoms with Gasteiger partial charge in [-0.1, -0.05) is 79.0 Å². The van der Waals surface area contributed by atoms with Crippen LogP contribution in [0.4, 0.5) is 5.69 Å². The summed E-state index contributed by atoms with van der Waals surface area (Å²) >= 11 is 12.5. The lowest BCUT2D eigenvalue weighted by atomic mass is 10.1. The van der Waals surface area contributed by atoms with Gasteiger partial charge in [0.25, 0.3) is 10.0 Å². The Morgan fingerprint density at radius 2 is 1.64 bits per heavy atom. The van der Waals surface area contributed by atoms with Crippen LogP contribution in [-0.2, 0) is 26.2 Å². The summed E-state index contributed by atoms with van der Waals surface area (Å²) in [6, 6.07) is 18.9. The van der Waals surface area contributed by atoms with Crippen molar-refractivity contribution in [3.8, 4) is 0 Å². The molecule has 2 amide bonds. The number of benzene rings is 3. The first kappa shape index (κ1) is 30.5. The van der Waals surface area contributed by atoms with Crippen LogP contribution in [0.5, 0.6) is 0 Å². The highest BCUT2D eigenvalue weighted by atomic mass is 35.5. The summed E-state index contributed by atoms with van der Waals surface area (Å²) in [4.78, 5) is 28.4. The zero-order valence-electron chi connectivity index (χ0n) is 22.2. The van der Waals surface area contributed by atoms with Gasteiger partial charge in [-0.15, -0.1) is 0 Å². The SMILES string of the molecule is CCCCNC(=O)[C@H](C)N(Cc1ccccc1C)C(=O)CN(c1ccc(Cl)cc1Cl)S(=O)(=O)c1ccccc1. The van der Waals surface area contributed by atoms with Crippen molar-refractivity contribution >= 4 is 50.7 Å².